The Morgan fingerprint density at radius 1 is 1.40 bits per heavy atom. The van der Waals surface area contributed by atoms with Crippen LogP contribution in [0.2, 0.25) is 0 Å². The van der Waals surface area contributed by atoms with Crippen LogP contribution < -0.4 is 14.8 Å². The van der Waals surface area contributed by atoms with E-state index in [1.165, 1.54) is 0 Å². The number of nitrogens with two attached hydrogens (primary N) is 1. The zero-order valence-corrected chi connectivity index (χ0v) is 12.6. The molecule has 1 aliphatic rings. The smallest absolute Gasteiger partial charge is 0.228 e. The molecule has 0 aliphatic carbocycles. The van der Waals surface area contributed by atoms with Crippen LogP contribution in [-0.2, 0) is 10.0 Å². The molecular weight excluding hydrogens is 280 g/mol. The molecule has 0 radical (unpaired) electrons. The highest BCUT2D eigenvalue weighted by Crippen LogP contribution is 2.23. The lowest BCUT2D eigenvalue weighted by molar-refractivity contribution is 0.393. The number of hydrogen-bond donors (Lipinski definition) is 1. The van der Waals surface area contributed by atoms with E-state index in [0.29, 0.717) is 11.8 Å². The summed E-state index contributed by atoms with van der Waals surface area (Å²) in [5.74, 6) is 1.35. The van der Waals surface area contributed by atoms with Crippen LogP contribution in [0.5, 0.6) is 5.88 Å². The summed E-state index contributed by atoms with van der Waals surface area (Å²) < 4.78 is 27.3. The number of ether oxygens (including phenoxy) is 1. The first kappa shape index (κ1) is 15.0. The zero-order valence-electron chi connectivity index (χ0n) is 11.7. The number of nitrogens with zero attached hydrogens (tertiary/aromatic N) is 3. The average molecular weight is 300 g/mol. The summed E-state index contributed by atoms with van der Waals surface area (Å²) in [6.45, 7) is 3.35. The van der Waals surface area contributed by atoms with Crippen molar-refractivity contribution in [3.8, 4) is 5.88 Å². The van der Waals surface area contributed by atoms with E-state index in [-0.39, 0.29) is 11.7 Å². The van der Waals surface area contributed by atoms with Crippen molar-refractivity contribution >= 4 is 16.0 Å². The summed E-state index contributed by atoms with van der Waals surface area (Å²) in [5, 5.41) is 5.09. The third-order valence-corrected chi connectivity index (χ3v) is 4.33. The van der Waals surface area contributed by atoms with Crippen molar-refractivity contribution in [1.29, 1.82) is 0 Å². The van der Waals surface area contributed by atoms with Crippen molar-refractivity contribution < 1.29 is 13.2 Å². The Bertz CT molecular complexity index is 568. The van der Waals surface area contributed by atoms with E-state index in [0.717, 1.165) is 31.6 Å². The fourth-order valence-electron chi connectivity index (χ4n) is 2.40. The number of aryl methyl sites for hydroxylation is 1. The minimum absolute atomic E-state index is 0.0544. The molecule has 0 spiro atoms. The van der Waals surface area contributed by atoms with Gasteiger partial charge in [-0.05, 0) is 25.7 Å². The van der Waals surface area contributed by atoms with Gasteiger partial charge in [-0.3, -0.25) is 0 Å². The topological polar surface area (TPSA) is 98.4 Å². The van der Waals surface area contributed by atoms with Gasteiger partial charge in [-0.1, -0.05) is 0 Å². The van der Waals surface area contributed by atoms with Crippen molar-refractivity contribution in [1.82, 2.24) is 9.97 Å². The highest BCUT2D eigenvalue weighted by Gasteiger charge is 2.24. The van der Waals surface area contributed by atoms with Gasteiger partial charge in [0.2, 0.25) is 21.9 Å². The summed E-state index contributed by atoms with van der Waals surface area (Å²) in [6, 6.07) is 1.78. The van der Waals surface area contributed by atoms with Crippen molar-refractivity contribution in [2.75, 3.05) is 30.9 Å². The second kappa shape index (κ2) is 5.92. The predicted octanol–water partition coefficient (Wildman–Crippen LogP) is 0.299. The van der Waals surface area contributed by atoms with Crippen LogP contribution in [-0.4, -0.2) is 44.3 Å². The molecule has 8 heteroatoms. The first-order valence-corrected chi connectivity index (χ1v) is 8.24. The molecule has 0 unspecified atom stereocenters. The van der Waals surface area contributed by atoms with Gasteiger partial charge in [-0.15, -0.1) is 0 Å². The van der Waals surface area contributed by atoms with Gasteiger partial charge in [-0.2, -0.15) is 4.98 Å². The highest BCUT2D eigenvalue weighted by molar-refractivity contribution is 7.89. The predicted molar refractivity (Wildman–Crippen MR) is 76.2 cm³/mol. The quantitative estimate of drug-likeness (QED) is 0.858. The van der Waals surface area contributed by atoms with E-state index in [1.54, 1.807) is 13.2 Å². The molecule has 0 bridgehead atoms. The number of piperidine rings is 1. The van der Waals surface area contributed by atoms with Gasteiger partial charge in [0.05, 0.1) is 12.9 Å². The van der Waals surface area contributed by atoms with Gasteiger partial charge in [-0.25, -0.2) is 18.5 Å². The van der Waals surface area contributed by atoms with Crippen molar-refractivity contribution in [2.24, 2.45) is 11.1 Å². The number of sulfonamides is 1. The summed E-state index contributed by atoms with van der Waals surface area (Å²) >= 11 is 0. The van der Waals surface area contributed by atoms with E-state index >= 15 is 0 Å². The molecule has 1 saturated heterocycles. The molecular formula is C12H20N4O3S. The maximum Gasteiger partial charge on any atom is 0.228 e. The van der Waals surface area contributed by atoms with E-state index in [9.17, 15) is 8.42 Å². The molecule has 1 aromatic rings. The molecule has 1 aliphatic heterocycles. The minimum Gasteiger partial charge on any atom is -0.481 e. The second-order valence-corrected chi connectivity index (χ2v) is 6.77. The Hall–Kier alpha value is -1.41. The van der Waals surface area contributed by atoms with E-state index in [2.05, 4.69) is 14.9 Å². The molecule has 0 atom stereocenters. The summed E-state index contributed by atoms with van der Waals surface area (Å²) in [6.07, 6.45) is 1.55. The van der Waals surface area contributed by atoms with Crippen LogP contribution in [0.15, 0.2) is 6.07 Å². The molecule has 7 nitrogen and oxygen atoms in total. The largest absolute Gasteiger partial charge is 0.481 e. The Kier molecular flexibility index (Phi) is 4.44. The third kappa shape index (κ3) is 4.04. The summed E-state index contributed by atoms with van der Waals surface area (Å²) in [7, 11) is -1.82. The van der Waals surface area contributed by atoms with Crippen LogP contribution in [0.4, 0.5) is 5.95 Å². The van der Waals surface area contributed by atoms with Crippen molar-refractivity contribution in [3.05, 3.63) is 11.8 Å². The number of aromatic nitrogens is 2. The number of hydrogen-bond acceptors (Lipinski definition) is 6. The average Bonchev–Trinajstić information content (AvgIpc) is 2.37. The van der Waals surface area contributed by atoms with Crippen LogP contribution >= 0.6 is 0 Å². The van der Waals surface area contributed by atoms with Crippen molar-refractivity contribution in [2.45, 2.75) is 19.8 Å². The lowest BCUT2D eigenvalue weighted by Gasteiger charge is -2.31. The van der Waals surface area contributed by atoms with Gasteiger partial charge in [0.15, 0.2) is 0 Å². The SMILES string of the molecule is COc1cc(C)nc(N2CCC(CS(N)(=O)=O)CC2)n1. The van der Waals surface area contributed by atoms with Gasteiger partial charge in [0.1, 0.15) is 0 Å². The van der Waals surface area contributed by atoms with Gasteiger partial charge < -0.3 is 9.64 Å². The number of methoxy groups -OCH3 is 1. The highest BCUT2D eigenvalue weighted by atomic mass is 32.2. The number of rotatable bonds is 4. The fourth-order valence-corrected chi connectivity index (χ4v) is 3.39. The van der Waals surface area contributed by atoms with Crippen LogP contribution in [0.1, 0.15) is 18.5 Å². The second-order valence-electron chi connectivity index (χ2n) is 5.11. The molecule has 0 aromatic carbocycles. The van der Waals surface area contributed by atoms with E-state index in [1.807, 2.05) is 6.92 Å². The van der Waals surface area contributed by atoms with Gasteiger partial charge in [0.25, 0.3) is 0 Å². The molecule has 1 aromatic heterocycles. The third-order valence-electron chi connectivity index (χ3n) is 3.39. The van der Waals surface area contributed by atoms with Gasteiger partial charge in [0, 0.05) is 24.8 Å². The standard InChI is InChI=1S/C12H20N4O3S/c1-9-7-11(19-2)15-12(14-9)16-5-3-10(4-6-16)8-20(13,17)18/h7,10H,3-6,8H2,1-2H3,(H2,13,17,18). The molecule has 2 N–H and O–H groups in total. The van der Waals surface area contributed by atoms with Crippen LogP contribution in [0.3, 0.4) is 0 Å². The molecule has 20 heavy (non-hydrogen) atoms. The Morgan fingerprint density at radius 2 is 2.05 bits per heavy atom. The molecule has 0 amide bonds. The monoisotopic (exact) mass is 300 g/mol. The lowest BCUT2D eigenvalue weighted by Crippen LogP contribution is -2.38. The first-order valence-electron chi connectivity index (χ1n) is 6.52. The minimum atomic E-state index is -3.39. The van der Waals surface area contributed by atoms with E-state index < -0.39 is 10.0 Å². The zero-order chi connectivity index (χ0) is 14.8. The maximum absolute atomic E-state index is 11.1. The molecule has 2 heterocycles. The molecule has 1 fully saturated rings. The molecule has 0 saturated carbocycles. The van der Waals surface area contributed by atoms with Crippen molar-refractivity contribution in [3.63, 3.8) is 0 Å². The van der Waals surface area contributed by atoms with E-state index in [4.69, 9.17) is 9.88 Å². The summed E-state index contributed by atoms with van der Waals surface area (Å²) in [4.78, 5) is 10.8. The first-order chi connectivity index (χ1) is 9.37. The fraction of sp³-hybridized carbons (Fsp3) is 0.667. The molecule has 112 valence electrons. The Balaban J connectivity index is 2.02. The van der Waals surface area contributed by atoms with Gasteiger partial charge >= 0.3 is 0 Å². The maximum atomic E-state index is 11.1. The normalized spacial score (nSPS) is 17.2. The number of anilines is 1. The lowest BCUT2D eigenvalue weighted by atomic mass is 9.99. The number of primary sulfonamides is 1. The summed E-state index contributed by atoms with van der Waals surface area (Å²) in [5.41, 5.74) is 0.846. The molecule has 2 rings (SSSR count). The van der Waals surface area contributed by atoms with Crippen LogP contribution in [0, 0.1) is 12.8 Å². The Morgan fingerprint density at radius 3 is 2.60 bits per heavy atom. The Labute approximate surface area is 119 Å². The van der Waals surface area contributed by atoms with Crippen LogP contribution in [0.25, 0.3) is 0 Å².